The molecule has 0 aliphatic rings. The lowest BCUT2D eigenvalue weighted by molar-refractivity contribution is -0.138. The minimum Gasteiger partial charge on any atom is -0.497 e. The number of benzene rings is 1. The number of hydrogen-bond acceptors (Lipinski definition) is 4. The summed E-state index contributed by atoms with van der Waals surface area (Å²) in [7, 11) is -2.44. The van der Waals surface area contributed by atoms with E-state index >= 15 is 0 Å². The summed E-state index contributed by atoms with van der Waals surface area (Å²) in [6.07, 6.45) is 0.0325. The average molecular weight is 299 g/mol. The van der Waals surface area contributed by atoms with E-state index in [0.717, 1.165) is 0 Å². The van der Waals surface area contributed by atoms with E-state index in [1.807, 2.05) is 0 Å². The van der Waals surface area contributed by atoms with Crippen LogP contribution in [-0.2, 0) is 14.8 Å². The Morgan fingerprint density at radius 1 is 1.40 bits per heavy atom. The van der Waals surface area contributed by atoms with E-state index < -0.39 is 22.0 Å². The molecule has 1 rings (SSSR count). The van der Waals surface area contributed by atoms with Crippen LogP contribution in [0.2, 0.25) is 0 Å². The Balaban J connectivity index is 2.96. The fraction of sp³-hybridized carbons (Fsp3) is 0.308. The fourth-order valence-electron chi connectivity index (χ4n) is 1.54. The highest BCUT2D eigenvalue weighted by Gasteiger charge is 2.25. The van der Waals surface area contributed by atoms with Gasteiger partial charge in [0.25, 0.3) is 0 Å². The number of carboxylic acid groups (broad SMARTS) is 1. The largest absolute Gasteiger partial charge is 0.497 e. The van der Waals surface area contributed by atoms with Crippen molar-refractivity contribution in [2.75, 3.05) is 7.11 Å². The summed E-state index contributed by atoms with van der Waals surface area (Å²) >= 11 is 0. The molecule has 1 aromatic rings. The lowest BCUT2D eigenvalue weighted by atomic mass is 10.1. The Bertz CT molecular complexity index is 592. The Morgan fingerprint density at radius 3 is 2.35 bits per heavy atom. The highest BCUT2D eigenvalue weighted by molar-refractivity contribution is 7.89. The second-order valence-electron chi connectivity index (χ2n) is 4.35. The lowest BCUT2D eigenvalue weighted by Gasteiger charge is -2.15. The zero-order valence-electron chi connectivity index (χ0n) is 11.3. The predicted octanol–water partition coefficient (Wildman–Crippen LogP) is 1.39. The van der Waals surface area contributed by atoms with Crippen LogP contribution in [0.5, 0.6) is 5.75 Å². The normalized spacial score (nSPS) is 12.7. The lowest BCUT2D eigenvalue weighted by Crippen LogP contribution is -2.40. The second-order valence-corrected chi connectivity index (χ2v) is 6.06. The van der Waals surface area contributed by atoms with Crippen molar-refractivity contribution in [2.45, 2.75) is 24.3 Å². The van der Waals surface area contributed by atoms with Gasteiger partial charge in [-0.05, 0) is 37.6 Å². The maximum atomic E-state index is 12.1. The molecule has 0 amide bonds. The quantitative estimate of drug-likeness (QED) is 0.742. The highest BCUT2D eigenvalue weighted by atomic mass is 32.2. The molecule has 0 heterocycles. The smallest absolute Gasteiger partial charge is 0.322 e. The molecule has 1 aromatic carbocycles. The Hall–Kier alpha value is -1.86. The Kier molecular flexibility index (Phi) is 5.29. The van der Waals surface area contributed by atoms with Crippen LogP contribution in [0.25, 0.3) is 0 Å². The van der Waals surface area contributed by atoms with Gasteiger partial charge in [-0.25, -0.2) is 8.42 Å². The van der Waals surface area contributed by atoms with E-state index in [2.05, 4.69) is 11.3 Å². The summed E-state index contributed by atoms with van der Waals surface area (Å²) in [5.41, 5.74) is 0.579. The van der Waals surface area contributed by atoms with E-state index in [1.165, 1.54) is 31.4 Å². The van der Waals surface area contributed by atoms with Crippen LogP contribution in [0.1, 0.15) is 13.3 Å². The summed E-state index contributed by atoms with van der Waals surface area (Å²) < 4.78 is 31.2. The van der Waals surface area contributed by atoms with Gasteiger partial charge in [-0.2, -0.15) is 4.72 Å². The summed E-state index contributed by atoms with van der Waals surface area (Å²) in [5.74, 6) is -0.731. The van der Waals surface area contributed by atoms with Gasteiger partial charge in [0.2, 0.25) is 10.0 Å². The van der Waals surface area contributed by atoms with E-state index in [0.29, 0.717) is 11.3 Å². The molecule has 6 nitrogen and oxygen atoms in total. The van der Waals surface area contributed by atoms with Crippen molar-refractivity contribution >= 4 is 16.0 Å². The third-order valence-corrected chi connectivity index (χ3v) is 4.01. The molecule has 0 aromatic heterocycles. The van der Waals surface area contributed by atoms with Crippen molar-refractivity contribution in [1.82, 2.24) is 4.72 Å². The molecular weight excluding hydrogens is 282 g/mol. The molecule has 1 unspecified atom stereocenters. The molecule has 20 heavy (non-hydrogen) atoms. The number of ether oxygens (including phenoxy) is 1. The van der Waals surface area contributed by atoms with Crippen molar-refractivity contribution in [3.8, 4) is 5.75 Å². The number of carbonyl (C=O) groups is 1. The number of rotatable bonds is 7. The summed E-state index contributed by atoms with van der Waals surface area (Å²) in [5, 5.41) is 9.03. The van der Waals surface area contributed by atoms with Crippen molar-refractivity contribution in [3.05, 3.63) is 36.4 Å². The highest BCUT2D eigenvalue weighted by Crippen LogP contribution is 2.16. The molecule has 0 fully saturated rings. The maximum absolute atomic E-state index is 12.1. The van der Waals surface area contributed by atoms with Crippen LogP contribution in [0.3, 0.4) is 0 Å². The van der Waals surface area contributed by atoms with E-state index in [1.54, 1.807) is 6.92 Å². The van der Waals surface area contributed by atoms with Gasteiger partial charge in [-0.15, -0.1) is 6.58 Å². The summed E-state index contributed by atoms with van der Waals surface area (Å²) in [6, 6.07) is 4.44. The molecule has 0 saturated heterocycles. The van der Waals surface area contributed by atoms with E-state index in [-0.39, 0.29) is 11.3 Å². The molecule has 0 aliphatic carbocycles. The van der Waals surface area contributed by atoms with E-state index in [4.69, 9.17) is 9.84 Å². The van der Waals surface area contributed by atoms with Gasteiger partial charge in [-0.3, -0.25) is 4.79 Å². The first kappa shape index (κ1) is 16.2. The van der Waals surface area contributed by atoms with Crippen LogP contribution >= 0.6 is 0 Å². The van der Waals surface area contributed by atoms with Crippen LogP contribution in [-0.4, -0.2) is 32.6 Å². The standard InChI is InChI=1S/C13H17NO5S/c1-9(2)8-12(13(15)16)14-20(17,18)11-6-4-10(19-3)5-7-11/h4-7,12,14H,1,8H2,2-3H3,(H,15,16). The first-order valence-electron chi connectivity index (χ1n) is 5.80. The minimum atomic E-state index is -3.90. The zero-order chi connectivity index (χ0) is 15.3. The number of carboxylic acids is 1. The van der Waals surface area contributed by atoms with Crippen LogP contribution < -0.4 is 9.46 Å². The number of nitrogens with one attached hydrogen (secondary N) is 1. The van der Waals surface area contributed by atoms with Crippen molar-refractivity contribution in [1.29, 1.82) is 0 Å². The van der Waals surface area contributed by atoms with Gasteiger partial charge in [0.05, 0.1) is 12.0 Å². The molecule has 1 atom stereocenters. The molecule has 0 spiro atoms. The van der Waals surface area contributed by atoms with Gasteiger partial charge in [0.1, 0.15) is 11.8 Å². The van der Waals surface area contributed by atoms with Crippen molar-refractivity contribution < 1.29 is 23.1 Å². The average Bonchev–Trinajstić information content (AvgIpc) is 2.37. The number of aliphatic carboxylic acids is 1. The van der Waals surface area contributed by atoms with Crippen LogP contribution in [0.4, 0.5) is 0 Å². The van der Waals surface area contributed by atoms with Crippen LogP contribution in [0, 0.1) is 0 Å². The molecule has 2 N–H and O–H groups in total. The predicted molar refractivity (Wildman–Crippen MR) is 74.2 cm³/mol. The number of methoxy groups -OCH3 is 1. The molecule has 0 radical (unpaired) electrons. The van der Waals surface area contributed by atoms with Gasteiger partial charge >= 0.3 is 5.97 Å². The van der Waals surface area contributed by atoms with Crippen LogP contribution in [0.15, 0.2) is 41.3 Å². The van der Waals surface area contributed by atoms with Crippen molar-refractivity contribution in [2.24, 2.45) is 0 Å². The molecule has 0 aliphatic heterocycles. The number of hydrogen-bond donors (Lipinski definition) is 2. The number of sulfonamides is 1. The summed E-state index contributed by atoms with van der Waals surface area (Å²) in [4.78, 5) is 11.0. The third kappa shape index (κ3) is 4.36. The van der Waals surface area contributed by atoms with Crippen molar-refractivity contribution in [3.63, 3.8) is 0 Å². The molecular formula is C13H17NO5S. The monoisotopic (exact) mass is 299 g/mol. The third-order valence-electron chi connectivity index (χ3n) is 2.52. The minimum absolute atomic E-state index is 0.0220. The van der Waals surface area contributed by atoms with Gasteiger partial charge in [0, 0.05) is 0 Å². The maximum Gasteiger partial charge on any atom is 0.322 e. The Labute approximate surface area is 118 Å². The zero-order valence-corrected chi connectivity index (χ0v) is 12.1. The topological polar surface area (TPSA) is 92.7 Å². The van der Waals surface area contributed by atoms with Gasteiger partial charge < -0.3 is 9.84 Å². The van der Waals surface area contributed by atoms with E-state index in [9.17, 15) is 13.2 Å². The molecule has 110 valence electrons. The van der Waals surface area contributed by atoms with Gasteiger partial charge in [0.15, 0.2) is 0 Å². The molecule has 0 saturated carbocycles. The molecule has 7 heteroatoms. The second kappa shape index (κ2) is 6.53. The molecule has 0 bridgehead atoms. The summed E-state index contributed by atoms with van der Waals surface area (Å²) in [6.45, 7) is 5.22. The Morgan fingerprint density at radius 2 is 1.95 bits per heavy atom. The SMILES string of the molecule is C=C(C)CC(NS(=O)(=O)c1ccc(OC)cc1)C(=O)O. The fourth-order valence-corrected chi connectivity index (χ4v) is 2.73. The first-order chi connectivity index (χ1) is 9.26. The first-order valence-corrected chi connectivity index (χ1v) is 7.28. The van der Waals surface area contributed by atoms with Gasteiger partial charge in [-0.1, -0.05) is 5.57 Å².